The quantitative estimate of drug-likeness (QED) is 0.360. The zero-order valence-electron chi connectivity index (χ0n) is 17.8. The summed E-state index contributed by atoms with van der Waals surface area (Å²) >= 11 is 1.57. The summed E-state index contributed by atoms with van der Waals surface area (Å²) in [6, 6.07) is 14.7. The Hall–Kier alpha value is -3.20. The number of methoxy groups -OCH3 is 2. The highest BCUT2D eigenvalue weighted by atomic mass is 32.2. The molecule has 0 unspecified atom stereocenters. The molecule has 0 radical (unpaired) electrons. The SMILES string of the molecule is CCn1c(CNC(=O)c2ccc(OC)c(OC)c2)nnc1SCCOc1ccccc1. The second kappa shape index (κ2) is 11.3. The second-order valence-corrected chi connectivity index (χ2v) is 7.47. The van der Waals surface area contributed by atoms with E-state index >= 15 is 0 Å². The minimum Gasteiger partial charge on any atom is -0.493 e. The van der Waals surface area contributed by atoms with Crippen molar-refractivity contribution in [1.29, 1.82) is 0 Å². The summed E-state index contributed by atoms with van der Waals surface area (Å²) in [7, 11) is 3.09. The average molecular weight is 443 g/mol. The van der Waals surface area contributed by atoms with Gasteiger partial charge in [0.1, 0.15) is 5.75 Å². The number of carbonyl (C=O) groups excluding carboxylic acids is 1. The van der Waals surface area contributed by atoms with Crippen LogP contribution in [0.25, 0.3) is 0 Å². The highest BCUT2D eigenvalue weighted by Crippen LogP contribution is 2.27. The van der Waals surface area contributed by atoms with Crippen LogP contribution in [0.2, 0.25) is 0 Å². The molecule has 1 aromatic heterocycles. The summed E-state index contributed by atoms with van der Waals surface area (Å²) in [6.07, 6.45) is 0. The molecular formula is C22H26N4O4S. The monoisotopic (exact) mass is 442 g/mol. The van der Waals surface area contributed by atoms with Crippen molar-refractivity contribution in [2.24, 2.45) is 0 Å². The first-order chi connectivity index (χ1) is 15.2. The molecule has 3 rings (SSSR count). The molecule has 0 atom stereocenters. The minimum atomic E-state index is -0.225. The fourth-order valence-corrected chi connectivity index (χ4v) is 3.76. The number of thioether (sulfide) groups is 1. The van der Waals surface area contributed by atoms with Crippen LogP contribution in [-0.4, -0.2) is 47.3 Å². The van der Waals surface area contributed by atoms with Gasteiger partial charge in [0.25, 0.3) is 5.91 Å². The van der Waals surface area contributed by atoms with E-state index in [2.05, 4.69) is 15.5 Å². The Morgan fingerprint density at radius 3 is 2.55 bits per heavy atom. The van der Waals surface area contributed by atoms with Gasteiger partial charge in [-0.15, -0.1) is 10.2 Å². The summed E-state index contributed by atoms with van der Waals surface area (Å²) in [5.41, 5.74) is 0.480. The summed E-state index contributed by atoms with van der Waals surface area (Å²) < 4.78 is 18.2. The molecule has 2 aromatic carbocycles. The lowest BCUT2D eigenvalue weighted by molar-refractivity contribution is 0.0949. The number of nitrogens with zero attached hydrogens (tertiary/aromatic N) is 3. The van der Waals surface area contributed by atoms with E-state index in [1.54, 1.807) is 37.1 Å². The van der Waals surface area contributed by atoms with Gasteiger partial charge in [-0.25, -0.2) is 0 Å². The van der Waals surface area contributed by atoms with Crippen LogP contribution in [0, 0.1) is 0 Å². The number of rotatable bonds is 11. The molecule has 0 saturated carbocycles. The third-order valence-electron chi connectivity index (χ3n) is 4.49. The number of carbonyl (C=O) groups is 1. The summed E-state index contributed by atoms with van der Waals surface area (Å²) in [5, 5.41) is 12.2. The number of nitrogens with one attached hydrogen (secondary N) is 1. The Morgan fingerprint density at radius 2 is 1.84 bits per heavy atom. The van der Waals surface area contributed by atoms with Gasteiger partial charge in [0, 0.05) is 17.9 Å². The van der Waals surface area contributed by atoms with E-state index in [0.717, 1.165) is 16.7 Å². The minimum absolute atomic E-state index is 0.225. The van der Waals surface area contributed by atoms with E-state index in [1.807, 2.05) is 41.8 Å². The Balaban J connectivity index is 1.55. The predicted molar refractivity (Wildman–Crippen MR) is 119 cm³/mol. The average Bonchev–Trinajstić information content (AvgIpc) is 3.22. The van der Waals surface area contributed by atoms with Gasteiger partial charge in [0.15, 0.2) is 22.5 Å². The van der Waals surface area contributed by atoms with E-state index in [9.17, 15) is 4.79 Å². The van der Waals surface area contributed by atoms with Gasteiger partial charge in [-0.1, -0.05) is 30.0 Å². The molecule has 0 spiro atoms. The van der Waals surface area contributed by atoms with Crippen LogP contribution in [0.4, 0.5) is 0 Å². The molecule has 3 aromatic rings. The first kappa shape index (κ1) is 22.5. The number of hydrogen-bond donors (Lipinski definition) is 1. The van der Waals surface area contributed by atoms with Crippen molar-refractivity contribution in [3.63, 3.8) is 0 Å². The third-order valence-corrected chi connectivity index (χ3v) is 5.42. The normalized spacial score (nSPS) is 10.5. The van der Waals surface area contributed by atoms with Gasteiger partial charge in [-0.3, -0.25) is 4.79 Å². The summed E-state index contributed by atoms with van der Waals surface area (Å²) in [4.78, 5) is 12.6. The Morgan fingerprint density at radius 1 is 1.06 bits per heavy atom. The van der Waals surface area contributed by atoms with E-state index in [-0.39, 0.29) is 12.5 Å². The third kappa shape index (κ3) is 5.91. The molecule has 31 heavy (non-hydrogen) atoms. The largest absolute Gasteiger partial charge is 0.493 e. The number of hydrogen-bond acceptors (Lipinski definition) is 7. The number of ether oxygens (including phenoxy) is 3. The molecule has 1 amide bonds. The molecule has 164 valence electrons. The second-order valence-electron chi connectivity index (χ2n) is 6.41. The van der Waals surface area contributed by atoms with Gasteiger partial charge >= 0.3 is 0 Å². The zero-order valence-corrected chi connectivity index (χ0v) is 18.6. The molecule has 0 bridgehead atoms. The van der Waals surface area contributed by atoms with Crippen molar-refractivity contribution in [3.05, 3.63) is 59.9 Å². The van der Waals surface area contributed by atoms with Crippen LogP contribution in [0.15, 0.2) is 53.7 Å². The lowest BCUT2D eigenvalue weighted by Gasteiger charge is -2.11. The van der Waals surface area contributed by atoms with Crippen molar-refractivity contribution in [1.82, 2.24) is 20.1 Å². The molecule has 0 saturated heterocycles. The van der Waals surface area contributed by atoms with E-state index in [0.29, 0.717) is 36.0 Å². The topological polar surface area (TPSA) is 87.5 Å². The van der Waals surface area contributed by atoms with Gasteiger partial charge in [-0.2, -0.15) is 0 Å². The van der Waals surface area contributed by atoms with E-state index < -0.39 is 0 Å². The molecule has 1 N–H and O–H groups in total. The maximum atomic E-state index is 12.6. The number of benzene rings is 2. The van der Waals surface area contributed by atoms with Crippen molar-refractivity contribution in [3.8, 4) is 17.2 Å². The fourth-order valence-electron chi connectivity index (χ4n) is 2.92. The van der Waals surface area contributed by atoms with Crippen LogP contribution < -0.4 is 19.5 Å². The smallest absolute Gasteiger partial charge is 0.251 e. The van der Waals surface area contributed by atoms with Crippen molar-refractivity contribution in [2.45, 2.75) is 25.2 Å². The van der Waals surface area contributed by atoms with Crippen LogP contribution in [0.1, 0.15) is 23.1 Å². The van der Waals surface area contributed by atoms with Gasteiger partial charge in [0.05, 0.1) is 27.4 Å². The molecule has 8 nitrogen and oxygen atoms in total. The highest BCUT2D eigenvalue weighted by molar-refractivity contribution is 7.99. The molecular weight excluding hydrogens is 416 g/mol. The highest BCUT2D eigenvalue weighted by Gasteiger charge is 2.14. The first-order valence-electron chi connectivity index (χ1n) is 9.89. The Kier molecular flexibility index (Phi) is 8.17. The number of para-hydroxylation sites is 1. The van der Waals surface area contributed by atoms with E-state index in [1.165, 1.54) is 7.11 Å². The molecule has 9 heteroatoms. The van der Waals surface area contributed by atoms with E-state index in [4.69, 9.17) is 14.2 Å². The Bertz CT molecular complexity index is 994. The number of amides is 1. The van der Waals surface area contributed by atoms with Crippen LogP contribution >= 0.6 is 11.8 Å². The number of aromatic nitrogens is 3. The lowest BCUT2D eigenvalue weighted by Crippen LogP contribution is -2.24. The molecule has 0 aliphatic carbocycles. The summed E-state index contributed by atoms with van der Waals surface area (Å²) in [6.45, 7) is 3.57. The van der Waals surface area contributed by atoms with Crippen molar-refractivity contribution in [2.75, 3.05) is 26.6 Å². The lowest BCUT2D eigenvalue weighted by atomic mass is 10.2. The molecule has 0 fully saturated rings. The predicted octanol–water partition coefficient (Wildman–Crippen LogP) is 3.42. The maximum absolute atomic E-state index is 12.6. The fraction of sp³-hybridized carbons (Fsp3) is 0.318. The maximum Gasteiger partial charge on any atom is 0.251 e. The Labute approximate surface area is 185 Å². The molecule has 0 aliphatic heterocycles. The van der Waals surface area contributed by atoms with Gasteiger partial charge in [-0.05, 0) is 37.3 Å². The van der Waals surface area contributed by atoms with Crippen LogP contribution in [-0.2, 0) is 13.1 Å². The first-order valence-corrected chi connectivity index (χ1v) is 10.9. The molecule has 1 heterocycles. The van der Waals surface area contributed by atoms with Crippen molar-refractivity contribution >= 4 is 17.7 Å². The van der Waals surface area contributed by atoms with Crippen LogP contribution in [0.5, 0.6) is 17.2 Å². The summed E-state index contributed by atoms with van der Waals surface area (Å²) in [5.74, 6) is 3.13. The van der Waals surface area contributed by atoms with Crippen molar-refractivity contribution < 1.29 is 19.0 Å². The molecule has 0 aliphatic rings. The zero-order chi connectivity index (χ0) is 22.1. The standard InChI is InChI=1S/C22H26N4O4S/c1-4-26-20(15-23-21(27)16-10-11-18(28-2)19(14-16)29-3)24-25-22(26)31-13-12-30-17-8-6-5-7-9-17/h5-11,14H,4,12-13,15H2,1-3H3,(H,23,27). The van der Waals surface area contributed by atoms with Gasteiger partial charge < -0.3 is 24.1 Å². The van der Waals surface area contributed by atoms with Crippen LogP contribution in [0.3, 0.4) is 0 Å². The van der Waals surface area contributed by atoms with Gasteiger partial charge in [0.2, 0.25) is 0 Å².